The van der Waals surface area contributed by atoms with Crippen LogP contribution in [0.25, 0.3) is 0 Å². The Morgan fingerprint density at radius 2 is 1.94 bits per heavy atom. The van der Waals surface area contributed by atoms with Gasteiger partial charge < -0.3 is 9.84 Å². The van der Waals surface area contributed by atoms with Gasteiger partial charge in [0.1, 0.15) is 17.7 Å². The molecule has 1 N–H and O–H groups in total. The summed E-state index contributed by atoms with van der Waals surface area (Å²) in [4.78, 5) is 0. The highest BCUT2D eigenvalue weighted by Gasteiger charge is 2.26. The zero-order valence-corrected chi connectivity index (χ0v) is 10.3. The molecule has 96 valence electrons. The van der Waals surface area contributed by atoms with Crippen molar-refractivity contribution in [2.75, 3.05) is 6.61 Å². The fraction of sp³-hybridized carbons (Fsp3) is 0.538. The van der Waals surface area contributed by atoms with Gasteiger partial charge in [-0.3, -0.25) is 0 Å². The van der Waals surface area contributed by atoms with Gasteiger partial charge in [0, 0.05) is 6.61 Å². The SMILES string of the molecule is CCOC(CC)C(O)c1c(F)ccc(C)c1F. The van der Waals surface area contributed by atoms with E-state index in [1.807, 2.05) is 0 Å². The molecule has 0 heterocycles. The Balaban J connectivity index is 3.10. The second kappa shape index (κ2) is 6.07. The quantitative estimate of drug-likeness (QED) is 0.862. The van der Waals surface area contributed by atoms with E-state index in [4.69, 9.17) is 4.74 Å². The van der Waals surface area contributed by atoms with Crippen LogP contribution in [0.1, 0.15) is 37.5 Å². The molecule has 0 fully saturated rings. The maximum atomic E-state index is 13.8. The van der Waals surface area contributed by atoms with Crippen molar-refractivity contribution in [3.8, 4) is 0 Å². The molecule has 0 saturated heterocycles. The predicted octanol–water partition coefficient (Wildman–Crippen LogP) is 3.12. The second-order valence-corrected chi connectivity index (χ2v) is 3.94. The van der Waals surface area contributed by atoms with Crippen molar-refractivity contribution in [3.05, 3.63) is 34.9 Å². The first-order valence-corrected chi connectivity index (χ1v) is 5.77. The van der Waals surface area contributed by atoms with Gasteiger partial charge in [-0.2, -0.15) is 0 Å². The molecule has 4 heteroatoms. The van der Waals surface area contributed by atoms with Crippen LogP contribution < -0.4 is 0 Å². The van der Waals surface area contributed by atoms with E-state index in [-0.39, 0.29) is 5.56 Å². The number of hydrogen-bond acceptors (Lipinski definition) is 2. The molecule has 17 heavy (non-hydrogen) atoms. The first-order chi connectivity index (χ1) is 8.02. The summed E-state index contributed by atoms with van der Waals surface area (Å²) >= 11 is 0. The summed E-state index contributed by atoms with van der Waals surface area (Å²) in [5, 5.41) is 9.99. The summed E-state index contributed by atoms with van der Waals surface area (Å²) < 4.78 is 32.6. The third-order valence-electron chi connectivity index (χ3n) is 2.75. The van der Waals surface area contributed by atoms with E-state index in [0.29, 0.717) is 18.6 Å². The maximum absolute atomic E-state index is 13.8. The van der Waals surface area contributed by atoms with Crippen molar-refractivity contribution in [2.24, 2.45) is 0 Å². The molecule has 0 aliphatic rings. The monoisotopic (exact) mass is 244 g/mol. The van der Waals surface area contributed by atoms with E-state index in [2.05, 4.69) is 0 Å². The van der Waals surface area contributed by atoms with Gasteiger partial charge in [-0.05, 0) is 31.9 Å². The minimum Gasteiger partial charge on any atom is -0.385 e. The van der Waals surface area contributed by atoms with Crippen molar-refractivity contribution >= 4 is 0 Å². The van der Waals surface area contributed by atoms with Crippen LogP contribution in [0.2, 0.25) is 0 Å². The Morgan fingerprint density at radius 3 is 2.47 bits per heavy atom. The van der Waals surface area contributed by atoms with Crippen molar-refractivity contribution in [2.45, 2.75) is 39.4 Å². The zero-order chi connectivity index (χ0) is 13.0. The minimum atomic E-state index is -1.28. The zero-order valence-electron chi connectivity index (χ0n) is 10.3. The average Bonchev–Trinajstić information content (AvgIpc) is 2.31. The molecule has 1 rings (SSSR count). The Kier molecular flexibility index (Phi) is 5.02. The van der Waals surface area contributed by atoms with Gasteiger partial charge in [0.05, 0.1) is 11.7 Å². The predicted molar refractivity (Wildman–Crippen MR) is 61.8 cm³/mol. The first kappa shape index (κ1) is 14.1. The van der Waals surface area contributed by atoms with Crippen LogP contribution in [0.15, 0.2) is 12.1 Å². The molecule has 1 aromatic rings. The molecule has 0 aromatic heterocycles. The lowest BCUT2D eigenvalue weighted by atomic mass is 9.99. The molecular formula is C13H18F2O2. The molecular weight excluding hydrogens is 226 g/mol. The van der Waals surface area contributed by atoms with Gasteiger partial charge >= 0.3 is 0 Å². The molecule has 0 amide bonds. The van der Waals surface area contributed by atoms with Crippen LogP contribution in [0.5, 0.6) is 0 Å². The molecule has 0 aliphatic carbocycles. The van der Waals surface area contributed by atoms with Crippen LogP contribution in [0.4, 0.5) is 8.78 Å². The Hall–Kier alpha value is -1.00. The van der Waals surface area contributed by atoms with Crippen LogP contribution in [0.3, 0.4) is 0 Å². The Labute approximate surface area is 100 Å². The normalized spacial score (nSPS) is 14.7. The largest absolute Gasteiger partial charge is 0.385 e. The molecule has 2 unspecified atom stereocenters. The van der Waals surface area contributed by atoms with Crippen LogP contribution in [-0.2, 0) is 4.74 Å². The number of halogens is 2. The van der Waals surface area contributed by atoms with Gasteiger partial charge in [0.15, 0.2) is 0 Å². The molecule has 1 aromatic carbocycles. The summed E-state index contributed by atoms with van der Waals surface area (Å²) in [7, 11) is 0. The van der Waals surface area contributed by atoms with Crippen LogP contribution in [-0.4, -0.2) is 17.8 Å². The van der Waals surface area contributed by atoms with E-state index >= 15 is 0 Å². The van der Waals surface area contributed by atoms with Crippen molar-refractivity contribution in [3.63, 3.8) is 0 Å². The summed E-state index contributed by atoms with van der Waals surface area (Å²) in [5.41, 5.74) is 0.0112. The van der Waals surface area contributed by atoms with E-state index in [1.54, 1.807) is 13.8 Å². The molecule has 0 saturated carbocycles. The highest BCUT2D eigenvalue weighted by atomic mass is 19.1. The first-order valence-electron chi connectivity index (χ1n) is 5.77. The smallest absolute Gasteiger partial charge is 0.134 e. The maximum Gasteiger partial charge on any atom is 0.134 e. The summed E-state index contributed by atoms with van der Waals surface area (Å²) in [6.07, 6.45) is -1.38. The van der Waals surface area contributed by atoms with Crippen molar-refractivity contribution < 1.29 is 18.6 Å². The van der Waals surface area contributed by atoms with E-state index < -0.39 is 23.8 Å². The fourth-order valence-corrected chi connectivity index (χ4v) is 1.78. The van der Waals surface area contributed by atoms with Crippen LogP contribution in [0, 0.1) is 18.6 Å². The molecule has 2 atom stereocenters. The Bertz CT molecular complexity index is 380. The number of benzene rings is 1. The molecule has 0 spiro atoms. The molecule has 2 nitrogen and oxygen atoms in total. The summed E-state index contributed by atoms with van der Waals surface area (Å²) in [6.45, 7) is 5.50. The number of hydrogen-bond donors (Lipinski definition) is 1. The van der Waals surface area contributed by atoms with Crippen LogP contribution >= 0.6 is 0 Å². The van der Waals surface area contributed by atoms with Gasteiger partial charge in [-0.1, -0.05) is 13.0 Å². The number of aliphatic hydroxyl groups is 1. The number of ether oxygens (including phenoxy) is 1. The van der Waals surface area contributed by atoms with Gasteiger partial charge in [-0.15, -0.1) is 0 Å². The lowest BCUT2D eigenvalue weighted by molar-refractivity contribution is -0.0384. The van der Waals surface area contributed by atoms with Gasteiger partial charge in [0.25, 0.3) is 0 Å². The van der Waals surface area contributed by atoms with Gasteiger partial charge in [-0.25, -0.2) is 8.78 Å². The fourth-order valence-electron chi connectivity index (χ4n) is 1.78. The highest BCUT2D eigenvalue weighted by Crippen LogP contribution is 2.28. The van der Waals surface area contributed by atoms with E-state index in [1.165, 1.54) is 13.0 Å². The van der Waals surface area contributed by atoms with Crippen molar-refractivity contribution in [1.29, 1.82) is 0 Å². The number of rotatable bonds is 5. The van der Waals surface area contributed by atoms with Crippen molar-refractivity contribution in [1.82, 2.24) is 0 Å². The lowest BCUT2D eigenvalue weighted by Gasteiger charge is -2.23. The van der Waals surface area contributed by atoms with E-state index in [0.717, 1.165) is 6.07 Å². The number of aryl methyl sites for hydroxylation is 1. The summed E-state index contributed by atoms with van der Waals surface area (Å²) in [5.74, 6) is -1.44. The van der Waals surface area contributed by atoms with E-state index in [9.17, 15) is 13.9 Å². The third-order valence-corrected chi connectivity index (χ3v) is 2.75. The second-order valence-electron chi connectivity index (χ2n) is 3.94. The van der Waals surface area contributed by atoms with Gasteiger partial charge in [0.2, 0.25) is 0 Å². The Morgan fingerprint density at radius 1 is 1.29 bits per heavy atom. The average molecular weight is 244 g/mol. The minimum absolute atomic E-state index is 0.301. The molecule has 0 aliphatic heterocycles. The molecule has 0 radical (unpaired) electrons. The standard InChI is InChI=1S/C13H18F2O2/c1-4-10(17-5-2)13(16)11-9(14)7-6-8(3)12(11)15/h6-7,10,13,16H,4-5H2,1-3H3. The molecule has 0 bridgehead atoms. The topological polar surface area (TPSA) is 29.5 Å². The lowest BCUT2D eigenvalue weighted by Crippen LogP contribution is -2.23. The third kappa shape index (κ3) is 3.01. The summed E-state index contributed by atoms with van der Waals surface area (Å²) in [6, 6.07) is 2.51. The highest BCUT2D eigenvalue weighted by molar-refractivity contribution is 5.29. The number of aliphatic hydroxyl groups excluding tert-OH is 1.